The van der Waals surface area contributed by atoms with Gasteiger partial charge in [-0.05, 0) is 13.0 Å². The molecule has 1 aliphatic heterocycles. The number of amides is 1. The first-order chi connectivity index (χ1) is 8.62. The fourth-order valence-corrected chi connectivity index (χ4v) is 1.51. The highest BCUT2D eigenvalue weighted by Crippen LogP contribution is 2.18. The van der Waals surface area contributed by atoms with Crippen LogP contribution in [-0.2, 0) is 19.1 Å². The van der Waals surface area contributed by atoms with Gasteiger partial charge >= 0.3 is 12.1 Å². The van der Waals surface area contributed by atoms with E-state index >= 15 is 0 Å². The van der Waals surface area contributed by atoms with E-state index in [2.05, 4.69) is 4.74 Å². The zero-order valence-electron chi connectivity index (χ0n) is 10.3. The van der Waals surface area contributed by atoms with Gasteiger partial charge in [0.15, 0.2) is 0 Å². The molecule has 1 rings (SSSR count). The molecule has 0 N–H and O–H groups in total. The zero-order valence-corrected chi connectivity index (χ0v) is 10.3. The van der Waals surface area contributed by atoms with Crippen LogP contribution < -0.4 is 0 Å². The van der Waals surface area contributed by atoms with E-state index in [1.54, 1.807) is 19.1 Å². The lowest BCUT2D eigenvalue weighted by atomic mass is 10.1. The van der Waals surface area contributed by atoms with Crippen molar-refractivity contribution >= 4 is 18.3 Å². The smallest absolute Gasteiger partial charge is 0.414 e. The van der Waals surface area contributed by atoms with Crippen LogP contribution in [0.25, 0.3) is 0 Å². The van der Waals surface area contributed by atoms with Crippen molar-refractivity contribution in [2.24, 2.45) is 0 Å². The molecule has 0 saturated carbocycles. The third-order valence-electron chi connectivity index (χ3n) is 2.35. The van der Waals surface area contributed by atoms with Crippen molar-refractivity contribution in [2.45, 2.75) is 13.3 Å². The maximum absolute atomic E-state index is 11.5. The van der Waals surface area contributed by atoms with Crippen molar-refractivity contribution in [3.8, 4) is 0 Å². The Bertz CT molecular complexity index is 411. The van der Waals surface area contributed by atoms with Gasteiger partial charge < -0.3 is 9.47 Å². The molecule has 0 aromatic carbocycles. The Labute approximate surface area is 105 Å². The van der Waals surface area contributed by atoms with Crippen molar-refractivity contribution in [3.05, 3.63) is 23.4 Å². The van der Waals surface area contributed by atoms with E-state index in [-0.39, 0.29) is 19.6 Å². The van der Waals surface area contributed by atoms with Crippen LogP contribution >= 0.6 is 0 Å². The number of methoxy groups -OCH3 is 1. The number of aldehydes is 1. The van der Waals surface area contributed by atoms with E-state index in [0.717, 1.165) is 0 Å². The highest BCUT2D eigenvalue weighted by Gasteiger charge is 2.24. The van der Waals surface area contributed by atoms with E-state index in [0.29, 0.717) is 17.6 Å². The number of rotatable bonds is 4. The minimum Gasteiger partial charge on any atom is -0.466 e. The number of esters is 1. The van der Waals surface area contributed by atoms with Gasteiger partial charge in [-0.25, -0.2) is 4.79 Å². The standard InChI is InChI=1S/C12H15NO5/c1-3-18-11(15)6-10-5-4-9(8-14)7-13(10)12(16)17-2/h4-5,8H,3,6-7H2,1-2H3. The van der Waals surface area contributed by atoms with Crippen LogP contribution in [0.3, 0.4) is 0 Å². The largest absolute Gasteiger partial charge is 0.466 e. The van der Waals surface area contributed by atoms with Crippen LogP contribution in [0.1, 0.15) is 13.3 Å². The van der Waals surface area contributed by atoms with Crippen LogP contribution in [0, 0.1) is 0 Å². The summed E-state index contributed by atoms with van der Waals surface area (Å²) in [5.74, 6) is -0.430. The van der Waals surface area contributed by atoms with Crippen LogP contribution in [0.5, 0.6) is 0 Å². The molecule has 0 atom stereocenters. The topological polar surface area (TPSA) is 72.9 Å². The second-order valence-electron chi connectivity index (χ2n) is 3.56. The van der Waals surface area contributed by atoms with Gasteiger partial charge in [-0.1, -0.05) is 6.08 Å². The number of hydrogen-bond acceptors (Lipinski definition) is 5. The SMILES string of the molecule is CCOC(=O)CC1=CC=C(C=O)CN1C(=O)OC. The summed E-state index contributed by atoms with van der Waals surface area (Å²) in [6.45, 7) is 2.08. The molecule has 0 unspecified atom stereocenters. The van der Waals surface area contributed by atoms with E-state index < -0.39 is 12.1 Å². The van der Waals surface area contributed by atoms with Gasteiger partial charge in [0.1, 0.15) is 6.29 Å². The molecule has 0 aliphatic carbocycles. The fourth-order valence-electron chi connectivity index (χ4n) is 1.51. The molecule has 0 aromatic heterocycles. The van der Waals surface area contributed by atoms with E-state index in [4.69, 9.17) is 4.74 Å². The number of carbonyl (C=O) groups is 3. The van der Waals surface area contributed by atoms with Crippen molar-refractivity contribution in [3.63, 3.8) is 0 Å². The number of nitrogens with zero attached hydrogens (tertiary/aromatic N) is 1. The minimum atomic E-state index is -0.613. The predicted molar refractivity (Wildman–Crippen MR) is 62.6 cm³/mol. The zero-order chi connectivity index (χ0) is 13.5. The van der Waals surface area contributed by atoms with Crippen LogP contribution in [0.4, 0.5) is 4.79 Å². The molecule has 98 valence electrons. The van der Waals surface area contributed by atoms with Gasteiger partial charge in [-0.2, -0.15) is 0 Å². The first-order valence-electron chi connectivity index (χ1n) is 5.48. The molecule has 0 spiro atoms. The normalized spacial score (nSPS) is 14.4. The predicted octanol–water partition coefficient (Wildman–Crippen LogP) is 1.03. The van der Waals surface area contributed by atoms with Gasteiger partial charge in [0.25, 0.3) is 0 Å². The first kappa shape index (κ1) is 14.0. The highest BCUT2D eigenvalue weighted by atomic mass is 16.5. The van der Waals surface area contributed by atoms with Crippen molar-refractivity contribution in [2.75, 3.05) is 20.3 Å². The average molecular weight is 253 g/mol. The maximum atomic E-state index is 11.5. The molecular formula is C12H15NO5. The summed E-state index contributed by atoms with van der Waals surface area (Å²) < 4.78 is 9.42. The molecule has 1 aliphatic rings. The van der Waals surface area contributed by atoms with Crippen molar-refractivity contribution < 1.29 is 23.9 Å². The summed E-state index contributed by atoms with van der Waals surface area (Å²) in [7, 11) is 1.24. The Morgan fingerprint density at radius 2 is 2.17 bits per heavy atom. The lowest BCUT2D eigenvalue weighted by molar-refractivity contribution is -0.142. The molecular weight excluding hydrogens is 238 g/mol. The molecule has 1 heterocycles. The second-order valence-corrected chi connectivity index (χ2v) is 3.56. The third kappa shape index (κ3) is 3.44. The van der Waals surface area contributed by atoms with Gasteiger partial charge in [0, 0.05) is 11.3 Å². The Kier molecular flexibility index (Phi) is 5.10. The molecule has 18 heavy (non-hydrogen) atoms. The summed E-state index contributed by atoms with van der Waals surface area (Å²) >= 11 is 0. The molecule has 0 bridgehead atoms. The van der Waals surface area contributed by atoms with Gasteiger partial charge in [0.2, 0.25) is 0 Å². The van der Waals surface area contributed by atoms with Gasteiger partial charge in [0.05, 0.1) is 26.7 Å². The van der Waals surface area contributed by atoms with E-state index in [1.807, 2.05) is 0 Å². The lowest BCUT2D eigenvalue weighted by Crippen LogP contribution is -2.35. The maximum Gasteiger partial charge on any atom is 0.414 e. The number of carbonyl (C=O) groups excluding carboxylic acids is 3. The lowest BCUT2D eigenvalue weighted by Gasteiger charge is -2.26. The molecule has 0 aromatic rings. The van der Waals surface area contributed by atoms with Gasteiger partial charge in [-0.15, -0.1) is 0 Å². The average Bonchev–Trinajstić information content (AvgIpc) is 2.38. The summed E-state index contributed by atoms with van der Waals surface area (Å²) in [5, 5.41) is 0. The monoisotopic (exact) mass is 253 g/mol. The molecule has 1 amide bonds. The van der Waals surface area contributed by atoms with E-state index in [9.17, 15) is 14.4 Å². The van der Waals surface area contributed by atoms with E-state index in [1.165, 1.54) is 12.0 Å². The van der Waals surface area contributed by atoms with Crippen LogP contribution in [0.2, 0.25) is 0 Å². The Morgan fingerprint density at radius 1 is 1.44 bits per heavy atom. The Balaban J connectivity index is 2.85. The Hall–Kier alpha value is -2.11. The summed E-state index contributed by atoms with van der Waals surface area (Å²) in [6.07, 6.45) is 3.12. The van der Waals surface area contributed by atoms with Crippen LogP contribution in [-0.4, -0.2) is 43.5 Å². The quantitative estimate of drug-likeness (QED) is 0.552. The van der Waals surface area contributed by atoms with Crippen LogP contribution in [0.15, 0.2) is 23.4 Å². The molecule has 0 fully saturated rings. The Morgan fingerprint density at radius 3 is 2.72 bits per heavy atom. The molecule has 0 radical (unpaired) electrons. The molecule has 6 heteroatoms. The summed E-state index contributed by atoms with van der Waals surface area (Å²) in [4.78, 5) is 34.8. The van der Waals surface area contributed by atoms with Crippen molar-refractivity contribution in [1.29, 1.82) is 0 Å². The summed E-state index contributed by atoms with van der Waals surface area (Å²) in [6, 6.07) is 0. The van der Waals surface area contributed by atoms with Crippen molar-refractivity contribution in [1.82, 2.24) is 4.90 Å². The highest BCUT2D eigenvalue weighted by molar-refractivity contribution is 5.81. The number of hydrogen-bond donors (Lipinski definition) is 0. The number of allylic oxidation sites excluding steroid dienone is 2. The molecule has 0 saturated heterocycles. The third-order valence-corrected chi connectivity index (χ3v) is 2.35. The first-order valence-corrected chi connectivity index (χ1v) is 5.48. The summed E-state index contributed by atoms with van der Waals surface area (Å²) in [5.41, 5.74) is 0.888. The fraction of sp³-hybridized carbons (Fsp3) is 0.417. The second kappa shape index (κ2) is 6.58. The van der Waals surface area contributed by atoms with Gasteiger partial charge in [-0.3, -0.25) is 14.5 Å². The minimum absolute atomic E-state index is 0.0361. The molecule has 6 nitrogen and oxygen atoms in total. The number of ether oxygens (including phenoxy) is 2.